The average Bonchev–Trinajstić information content (AvgIpc) is 3.38. The van der Waals surface area contributed by atoms with Crippen LogP contribution in [-0.4, -0.2) is 36.9 Å². The van der Waals surface area contributed by atoms with Crippen LogP contribution in [0, 0.1) is 30.1 Å². The third kappa shape index (κ3) is 8.08. The number of rotatable bonds is 10. The molecule has 0 saturated heterocycles. The Balaban J connectivity index is 1.50. The van der Waals surface area contributed by atoms with Gasteiger partial charge in [0.15, 0.2) is 5.76 Å². The third-order valence-corrected chi connectivity index (χ3v) is 6.85. The van der Waals surface area contributed by atoms with Crippen LogP contribution in [0.15, 0.2) is 65.3 Å². The third-order valence-electron chi connectivity index (χ3n) is 5.61. The van der Waals surface area contributed by atoms with Crippen LogP contribution in [0.2, 0.25) is 5.02 Å². The van der Waals surface area contributed by atoms with Crippen molar-refractivity contribution in [3.05, 3.63) is 100.0 Å². The number of halogens is 1. The highest BCUT2D eigenvalue weighted by Crippen LogP contribution is 2.32. The van der Waals surface area contributed by atoms with Crippen molar-refractivity contribution in [3.63, 3.8) is 0 Å². The number of nitriles is 1. The van der Waals surface area contributed by atoms with Crippen LogP contribution in [0.1, 0.15) is 34.0 Å². The number of sulfone groups is 1. The minimum absolute atomic E-state index is 0.0454. The highest BCUT2D eigenvalue weighted by atomic mass is 35.5. The first-order valence-corrected chi connectivity index (χ1v) is 14.6. The van der Waals surface area contributed by atoms with Gasteiger partial charge in [0.25, 0.3) is 0 Å². The van der Waals surface area contributed by atoms with E-state index in [0.717, 1.165) is 5.69 Å². The van der Waals surface area contributed by atoms with Crippen LogP contribution < -0.4 is 15.4 Å². The fraction of sp³-hybridized carbons (Fsp3) is 0.207. The average molecular weight is 576 g/mol. The molecule has 1 aromatic carbocycles. The summed E-state index contributed by atoms with van der Waals surface area (Å²) in [6, 6.07) is 16.5. The van der Waals surface area contributed by atoms with Crippen LogP contribution in [-0.2, 0) is 23.0 Å². The van der Waals surface area contributed by atoms with E-state index in [4.69, 9.17) is 20.8 Å². The van der Waals surface area contributed by atoms with Crippen LogP contribution in [0.4, 0.5) is 11.4 Å². The standard InChI is InChI=1S/C29H26ClN5O4S/c1-20-26(10-9-24-7-8-25(39-24)18-32-13-14-40(2,36)37)29(21(16-31)17-34-20)35-22-6-11-28(27(30)15-22)38-19-23-5-3-4-12-33-23/h3-8,11-12,15,17,32H,13-14,18-19H2,1-2H3,(H,34,35). The Morgan fingerprint density at radius 2 is 1.98 bits per heavy atom. The topological polar surface area (TPSA) is 130 Å². The molecule has 0 aliphatic rings. The minimum Gasteiger partial charge on any atom is -0.486 e. The lowest BCUT2D eigenvalue weighted by molar-refractivity contribution is 0.301. The number of aryl methyl sites for hydroxylation is 1. The van der Waals surface area contributed by atoms with Crippen LogP contribution >= 0.6 is 11.6 Å². The van der Waals surface area contributed by atoms with Gasteiger partial charge < -0.3 is 19.8 Å². The lowest BCUT2D eigenvalue weighted by Gasteiger charge is -2.14. The second-order valence-electron chi connectivity index (χ2n) is 8.82. The quantitative estimate of drug-likeness (QED) is 0.203. The summed E-state index contributed by atoms with van der Waals surface area (Å²) in [6.45, 7) is 2.77. The normalized spacial score (nSPS) is 10.8. The molecule has 0 radical (unpaired) electrons. The fourth-order valence-corrected chi connectivity index (χ4v) is 4.33. The molecule has 0 saturated carbocycles. The molecule has 0 aliphatic heterocycles. The Labute approximate surface area is 238 Å². The molecule has 204 valence electrons. The summed E-state index contributed by atoms with van der Waals surface area (Å²) >= 11 is 6.48. The van der Waals surface area contributed by atoms with E-state index >= 15 is 0 Å². The summed E-state index contributed by atoms with van der Waals surface area (Å²) in [4.78, 5) is 8.56. The van der Waals surface area contributed by atoms with Crippen molar-refractivity contribution in [1.29, 1.82) is 5.26 Å². The number of furan rings is 1. The summed E-state index contributed by atoms with van der Waals surface area (Å²) in [5.74, 6) is 7.65. The summed E-state index contributed by atoms with van der Waals surface area (Å²) in [7, 11) is -3.03. The zero-order valence-electron chi connectivity index (χ0n) is 21.9. The predicted octanol–water partition coefficient (Wildman–Crippen LogP) is 4.76. The zero-order chi connectivity index (χ0) is 28.5. The van der Waals surface area contributed by atoms with E-state index in [9.17, 15) is 13.7 Å². The number of ether oxygens (including phenoxy) is 1. The molecule has 0 unspecified atom stereocenters. The minimum atomic E-state index is -3.03. The lowest BCUT2D eigenvalue weighted by Crippen LogP contribution is -2.21. The highest BCUT2D eigenvalue weighted by Gasteiger charge is 2.13. The maximum atomic E-state index is 11.3. The molecule has 3 aromatic heterocycles. The molecule has 0 aliphatic carbocycles. The molecule has 2 N–H and O–H groups in total. The number of hydrogen-bond acceptors (Lipinski definition) is 9. The summed E-state index contributed by atoms with van der Waals surface area (Å²) in [5, 5.41) is 16.4. The van der Waals surface area contributed by atoms with Crippen LogP contribution in [0.3, 0.4) is 0 Å². The van der Waals surface area contributed by atoms with E-state index in [1.165, 1.54) is 12.5 Å². The maximum absolute atomic E-state index is 11.3. The monoisotopic (exact) mass is 575 g/mol. The molecule has 4 rings (SSSR count). The van der Waals surface area contributed by atoms with Gasteiger partial charge in [-0.15, -0.1) is 0 Å². The molecular weight excluding hydrogens is 550 g/mol. The van der Waals surface area contributed by atoms with Gasteiger partial charge in [0.1, 0.15) is 34.0 Å². The number of anilines is 2. The number of hydrogen-bond donors (Lipinski definition) is 2. The van der Waals surface area contributed by atoms with E-state index in [-0.39, 0.29) is 12.4 Å². The zero-order valence-corrected chi connectivity index (χ0v) is 23.4. The smallest absolute Gasteiger partial charge is 0.177 e. The highest BCUT2D eigenvalue weighted by molar-refractivity contribution is 7.90. The van der Waals surface area contributed by atoms with Crippen molar-refractivity contribution in [1.82, 2.24) is 15.3 Å². The van der Waals surface area contributed by atoms with Gasteiger partial charge in [-0.2, -0.15) is 5.26 Å². The van der Waals surface area contributed by atoms with E-state index in [0.29, 0.717) is 63.6 Å². The Morgan fingerprint density at radius 1 is 1.12 bits per heavy atom. The van der Waals surface area contributed by atoms with E-state index < -0.39 is 9.84 Å². The molecule has 11 heteroatoms. The number of benzene rings is 1. The first kappa shape index (κ1) is 28.7. The van der Waals surface area contributed by atoms with Crippen molar-refractivity contribution in [2.45, 2.75) is 20.1 Å². The second kappa shape index (κ2) is 13.1. The molecule has 9 nitrogen and oxygen atoms in total. The summed E-state index contributed by atoms with van der Waals surface area (Å²) < 4.78 is 34.1. The van der Waals surface area contributed by atoms with Crippen molar-refractivity contribution >= 4 is 32.8 Å². The number of aromatic nitrogens is 2. The molecule has 0 amide bonds. The Kier molecular flexibility index (Phi) is 9.41. The van der Waals surface area contributed by atoms with Gasteiger partial charge in [-0.3, -0.25) is 9.97 Å². The maximum Gasteiger partial charge on any atom is 0.177 e. The van der Waals surface area contributed by atoms with Crippen molar-refractivity contribution < 1.29 is 17.6 Å². The van der Waals surface area contributed by atoms with Crippen molar-refractivity contribution in [2.24, 2.45) is 0 Å². The molecule has 0 bridgehead atoms. The Morgan fingerprint density at radius 3 is 2.70 bits per heavy atom. The van der Waals surface area contributed by atoms with Gasteiger partial charge in [-0.1, -0.05) is 23.6 Å². The summed E-state index contributed by atoms with van der Waals surface area (Å²) in [6.07, 6.45) is 4.38. The Hall–Kier alpha value is -4.35. The van der Waals surface area contributed by atoms with Gasteiger partial charge in [-0.25, -0.2) is 8.42 Å². The molecule has 0 spiro atoms. The molecule has 40 heavy (non-hydrogen) atoms. The number of nitrogens with one attached hydrogen (secondary N) is 2. The van der Waals surface area contributed by atoms with Gasteiger partial charge in [-0.05, 0) is 55.3 Å². The molecule has 0 fully saturated rings. The fourth-order valence-electron chi connectivity index (χ4n) is 3.58. The molecule has 3 heterocycles. The summed E-state index contributed by atoms with van der Waals surface area (Å²) in [5.41, 5.74) is 3.40. The Bertz CT molecular complexity index is 1700. The van der Waals surface area contributed by atoms with Crippen molar-refractivity contribution in [2.75, 3.05) is 23.9 Å². The predicted molar refractivity (Wildman–Crippen MR) is 153 cm³/mol. The first-order valence-electron chi connectivity index (χ1n) is 12.2. The van der Waals surface area contributed by atoms with E-state index in [1.54, 1.807) is 43.5 Å². The first-order chi connectivity index (χ1) is 19.2. The number of pyridine rings is 2. The second-order valence-corrected chi connectivity index (χ2v) is 11.5. The largest absolute Gasteiger partial charge is 0.486 e. The van der Waals surface area contributed by atoms with Gasteiger partial charge in [0, 0.05) is 30.9 Å². The molecular formula is C29H26ClN5O4S. The van der Waals surface area contributed by atoms with Gasteiger partial charge in [0.2, 0.25) is 0 Å². The van der Waals surface area contributed by atoms with Gasteiger partial charge in [0.05, 0.1) is 45.5 Å². The lowest BCUT2D eigenvalue weighted by atomic mass is 10.1. The van der Waals surface area contributed by atoms with Gasteiger partial charge >= 0.3 is 0 Å². The van der Waals surface area contributed by atoms with Crippen LogP contribution in [0.5, 0.6) is 5.75 Å². The van der Waals surface area contributed by atoms with Crippen LogP contribution in [0.25, 0.3) is 0 Å². The number of nitrogens with zero attached hydrogens (tertiary/aromatic N) is 3. The molecule has 0 atom stereocenters. The van der Waals surface area contributed by atoms with E-state index in [1.807, 2.05) is 18.2 Å². The SMILES string of the molecule is Cc1ncc(C#N)c(Nc2ccc(OCc3ccccn3)c(Cl)c2)c1C#Cc1ccc(CNCCS(C)(=O)=O)o1. The molecule has 4 aromatic rings. The van der Waals surface area contributed by atoms with E-state index in [2.05, 4.69) is 38.5 Å². The van der Waals surface area contributed by atoms with Crippen molar-refractivity contribution in [3.8, 4) is 23.7 Å².